The smallest absolute Gasteiger partial charge is 0.279 e. The minimum absolute atomic E-state index is 0.129. The third kappa shape index (κ3) is 2.77. The molecule has 28 heavy (non-hydrogen) atoms. The third-order valence-corrected chi connectivity index (χ3v) is 4.76. The molecule has 7 heteroatoms. The molecule has 2 aromatic carbocycles. The highest BCUT2D eigenvalue weighted by Gasteiger charge is 2.14. The summed E-state index contributed by atoms with van der Waals surface area (Å²) in [5.74, 6) is 0.477. The third-order valence-electron chi connectivity index (χ3n) is 4.76. The lowest BCUT2D eigenvalue weighted by Gasteiger charge is -2.08. The number of benzene rings is 2. The van der Waals surface area contributed by atoms with Crippen LogP contribution in [0.4, 0.5) is 0 Å². The van der Waals surface area contributed by atoms with Gasteiger partial charge in [-0.15, -0.1) is 0 Å². The van der Waals surface area contributed by atoms with E-state index in [1.807, 2.05) is 36.4 Å². The molecule has 7 nitrogen and oxygen atoms in total. The van der Waals surface area contributed by atoms with E-state index in [0.29, 0.717) is 28.0 Å². The topological polar surface area (TPSA) is 74.2 Å². The van der Waals surface area contributed by atoms with Crippen molar-refractivity contribution < 1.29 is 0 Å². The molecule has 0 unspecified atom stereocenters. The number of hydrogen-bond donors (Lipinski definition) is 0. The first-order valence-corrected chi connectivity index (χ1v) is 8.86. The zero-order valence-corrected chi connectivity index (χ0v) is 15.8. The van der Waals surface area contributed by atoms with Gasteiger partial charge in [-0.2, -0.15) is 9.78 Å². The molecule has 0 radical (unpaired) electrons. The van der Waals surface area contributed by atoms with E-state index >= 15 is 0 Å². The average molecular weight is 373 g/mol. The number of rotatable bonds is 3. The normalized spacial score (nSPS) is 11.5. The molecule has 0 aliphatic carbocycles. The van der Waals surface area contributed by atoms with Crippen LogP contribution in [0.15, 0.2) is 69.3 Å². The van der Waals surface area contributed by atoms with E-state index in [9.17, 15) is 9.59 Å². The van der Waals surface area contributed by atoms with Crippen molar-refractivity contribution >= 4 is 17.1 Å². The van der Waals surface area contributed by atoms with E-state index in [2.05, 4.69) is 10.1 Å². The standard InChI is InChI=1S/C21H19N5O2/c1-14-19(24(3)26(20(14)27)16-9-5-4-6-10-16)13-22-25-15(2)23-18-12-8-7-11-17(18)21(25)28/h4-13H,1-3H3/b22-13-. The molecule has 0 amide bonds. The van der Waals surface area contributed by atoms with Crippen LogP contribution in [0.1, 0.15) is 17.1 Å². The number of para-hydroxylation sites is 2. The van der Waals surface area contributed by atoms with Gasteiger partial charge in [0.15, 0.2) is 0 Å². The molecule has 0 spiro atoms. The van der Waals surface area contributed by atoms with Gasteiger partial charge in [0.1, 0.15) is 5.82 Å². The molecule has 2 heterocycles. The maximum atomic E-state index is 12.8. The summed E-state index contributed by atoms with van der Waals surface area (Å²) >= 11 is 0. The molecule has 0 atom stereocenters. The van der Waals surface area contributed by atoms with Crippen molar-refractivity contribution in [3.63, 3.8) is 0 Å². The Bertz CT molecular complexity index is 1330. The van der Waals surface area contributed by atoms with Gasteiger partial charge in [0, 0.05) is 12.6 Å². The predicted molar refractivity (Wildman–Crippen MR) is 109 cm³/mol. The molecular weight excluding hydrogens is 354 g/mol. The van der Waals surface area contributed by atoms with Crippen molar-refractivity contribution in [3.8, 4) is 5.69 Å². The lowest BCUT2D eigenvalue weighted by atomic mass is 10.2. The van der Waals surface area contributed by atoms with Crippen LogP contribution in [0, 0.1) is 13.8 Å². The lowest BCUT2D eigenvalue weighted by Crippen LogP contribution is -2.21. The molecule has 0 fully saturated rings. The summed E-state index contributed by atoms with van der Waals surface area (Å²) in [5.41, 5.74) is 2.19. The van der Waals surface area contributed by atoms with E-state index < -0.39 is 0 Å². The summed E-state index contributed by atoms with van der Waals surface area (Å²) in [5, 5.41) is 4.84. The van der Waals surface area contributed by atoms with E-state index in [-0.39, 0.29) is 11.1 Å². The summed E-state index contributed by atoms with van der Waals surface area (Å²) in [6.45, 7) is 3.48. The minimum atomic E-state index is -0.246. The summed E-state index contributed by atoms with van der Waals surface area (Å²) in [7, 11) is 1.79. The van der Waals surface area contributed by atoms with Crippen molar-refractivity contribution in [1.82, 2.24) is 19.0 Å². The molecular formula is C21H19N5O2. The second-order valence-corrected chi connectivity index (χ2v) is 6.52. The van der Waals surface area contributed by atoms with Gasteiger partial charge < -0.3 is 0 Å². The number of aromatic nitrogens is 4. The second-order valence-electron chi connectivity index (χ2n) is 6.52. The van der Waals surface area contributed by atoms with Crippen LogP contribution in [-0.2, 0) is 7.05 Å². The highest BCUT2D eigenvalue weighted by atomic mass is 16.1. The fourth-order valence-electron chi connectivity index (χ4n) is 3.28. The van der Waals surface area contributed by atoms with Crippen molar-refractivity contribution in [3.05, 3.63) is 92.4 Å². The lowest BCUT2D eigenvalue weighted by molar-refractivity contribution is 0.642. The summed E-state index contributed by atoms with van der Waals surface area (Å²) in [6, 6.07) is 16.5. The van der Waals surface area contributed by atoms with Gasteiger partial charge in [0.2, 0.25) is 0 Å². The molecule has 4 rings (SSSR count). The number of hydrogen-bond acceptors (Lipinski definition) is 4. The predicted octanol–water partition coefficient (Wildman–Crippen LogP) is 2.38. The zero-order chi connectivity index (χ0) is 19.8. The van der Waals surface area contributed by atoms with Gasteiger partial charge in [0.25, 0.3) is 11.1 Å². The Morgan fingerprint density at radius 2 is 1.61 bits per heavy atom. The maximum Gasteiger partial charge on any atom is 0.282 e. The summed E-state index contributed by atoms with van der Waals surface area (Å²) in [6.07, 6.45) is 1.53. The molecule has 0 saturated heterocycles. The summed E-state index contributed by atoms with van der Waals surface area (Å²) < 4.78 is 4.56. The van der Waals surface area contributed by atoms with Crippen molar-refractivity contribution in [1.29, 1.82) is 0 Å². The molecule has 0 aliphatic rings. The molecule has 0 bridgehead atoms. The maximum absolute atomic E-state index is 12.8. The van der Waals surface area contributed by atoms with Gasteiger partial charge in [-0.05, 0) is 38.1 Å². The van der Waals surface area contributed by atoms with E-state index in [0.717, 1.165) is 5.69 Å². The van der Waals surface area contributed by atoms with Gasteiger partial charge >= 0.3 is 0 Å². The molecule has 2 aromatic heterocycles. The molecule has 140 valence electrons. The fraction of sp³-hybridized carbons (Fsp3) is 0.143. The number of fused-ring (bicyclic) bond motifs is 1. The Hall–Kier alpha value is -3.74. The van der Waals surface area contributed by atoms with Crippen LogP contribution < -0.4 is 11.1 Å². The van der Waals surface area contributed by atoms with Crippen LogP contribution in [-0.4, -0.2) is 25.2 Å². The van der Waals surface area contributed by atoms with E-state index in [4.69, 9.17) is 0 Å². The average Bonchev–Trinajstić information content (AvgIpc) is 2.91. The van der Waals surface area contributed by atoms with Crippen LogP contribution in [0.5, 0.6) is 0 Å². The van der Waals surface area contributed by atoms with Crippen molar-refractivity contribution in [2.45, 2.75) is 13.8 Å². The Kier molecular flexibility index (Phi) is 4.27. The quantitative estimate of drug-likeness (QED) is 0.518. The Morgan fingerprint density at radius 3 is 2.36 bits per heavy atom. The molecule has 0 saturated carbocycles. The molecule has 0 N–H and O–H groups in total. The van der Waals surface area contributed by atoms with Gasteiger partial charge in [-0.25, -0.2) is 9.67 Å². The first-order valence-electron chi connectivity index (χ1n) is 8.86. The van der Waals surface area contributed by atoms with Crippen LogP contribution in [0.3, 0.4) is 0 Å². The van der Waals surface area contributed by atoms with Crippen LogP contribution in [0.2, 0.25) is 0 Å². The minimum Gasteiger partial charge on any atom is -0.279 e. The molecule has 4 aromatic rings. The number of nitrogens with zero attached hydrogens (tertiary/aromatic N) is 5. The van der Waals surface area contributed by atoms with Gasteiger partial charge in [-0.1, -0.05) is 30.3 Å². The van der Waals surface area contributed by atoms with E-state index in [1.54, 1.807) is 48.5 Å². The largest absolute Gasteiger partial charge is 0.282 e. The monoisotopic (exact) mass is 373 g/mol. The van der Waals surface area contributed by atoms with Gasteiger partial charge in [-0.3, -0.25) is 14.3 Å². The molecule has 0 aliphatic heterocycles. The van der Waals surface area contributed by atoms with E-state index in [1.165, 1.54) is 10.9 Å². The highest BCUT2D eigenvalue weighted by Crippen LogP contribution is 2.10. The van der Waals surface area contributed by atoms with Crippen LogP contribution in [0.25, 0.3) is 16.6 Å². The summed E-state index contributed by atoms with van der Waals surface area (Å²) in [4.78, 5) is 29.9. The first-order chi connectivity index (χ1) is 13.5. The Balaban J connectivity index is 1.85. The van der Waals surface area contributed by atoms with Gasteiger partial charge in [0.05, 0.1) is 28.5 Å². The van der Waals surface area contributed by atoms with Crippen molar-refractivity contribution in [2.24, 2.45) is 12.1 Å². The first kappa shape index (κ1) is 17.7. The van der Waals surface area contributed by atoms with Crippen LogP contribution >= 0.6 is 0 Å². The zero-order valence-electron chi connectivity index (χ0n) is 15.8. The second kappa shape index (κ2) is 6.77. The number of aryl methyl sites for hydroxylation is 1. The highest BCUT2D eigenvalue weighted by molar-refractivity contribution is 5.80. The van der Waals surface area contributed by atoms with Crippen molar-refractivity contribution in [2.75, 3.05) is 0 Å². The Morgan fingerprint density at radius 1 is 0.929 bits per heavy atom. The SMILES string of the molecule is Cc1c(/C=N\n2c(C)nc3ccccc3c2=O)n(C)n(-c2ccccc2)c1=O. The fourth-order valence-corrected chi connectivity index (χ4v) is 3.28. The Labute approximate surface area is 160 Å².